The van der Waals surface area contributed by atoms with Gasteiger partial charge in [-0.1, -0.05) is 0 Å². The van der Waals surface area contributed by atoms with Crippen LogP contribution in [0.15, 0.2) is 0 Å². The van der Waals surface area contributed by atoms with Gasteiger partial charge in [0.25, 0.3) is 0 Å². The standard InChI is InChI=1S/C9H20O4/c1-8(2,10)9(3,11)6-7(12-4)13-5/h7,10-11H,6H2,1-5H3. The van der Waals surface area contributed by atoms with Gasteiger partial charge in [0.1, 0.15) is 0 Å². The van der Waals surface area contributed by atoms with E-state index >= 15 is 0 Å². The number of ether oxygens (including phenoxy) is 2. The van der Waals surface area contributed by atoms with E-state index in [0.717, 1.165) is 0 Å². The minimum atomic E-state index is -1.23. The minimum Gasteiger partial charge on any atom is -0.387 e. The average Bonchev–Trinajstić information content (AvgIpc) is 1.98. The summed E-state index contributed by atoms with van der Waals surface area (Å²) < 4.78 is 9.87. The van der Waals surface area contributed by atoms with Crippen molar-refractivity contribution in [2.24, 2.45) is 0 Å². The summed E-state index contributed by atoms with van der Waals surface area (Å²) in [6, 6.07) is 0. The summed E-state index contributed by atoms with van der Waals surface area (Å²) in [5.74, 6) is 0. The van der Waals surface area contributed by atoms with Crippen LogP contribution in [0.5, 0.6) is 0 Å². The van der Waals surface area contributed by atoms with E-state index in [4.69, 9.17) is 9.47 Å². The molecule has 0 spiro atoms. The summed E-state index contributed by atoms with van der Waals surface area (Å²) in [5, 5.41) is 19.5. The first-order valence-corrected chi connectivity index (χ1v) is 4.25. The second-order valence-corrected chi connectivity index (χ2v) is 3.94. The van der Waals surface area contributed by atoms with E-state index in [1.165, 1.54) is 14.2 Å². The lowest BCUT2D eigenvalue weighted by atomic mass is 9.85. The molecular weight excluding hydrogens is 172 g/mol. The van der Waals surface area contributed by atoms with E-state index in [0.29, 0.717) is 0 Å². The SMILES string of the molecule is COC(CC(C)(O)C(C)(C)O)OC. The van der Waals surface area contributed by atoms with Gasteiger partial charge in [-0.2, -0.15) is 0 Å². The zero-order valence-electron chi connectivity index (χ0n) is 9.00. The Balaban J connectivity index is 4.31. The predicted molar refractivity (Wildman–Crippen MR) is 49.3 cm³/mol. The Morgan fingerprint density at radius 3 is 1.69 bits per heavy atom. The lowest BCUT2D eigenvalue weighted by molar-refractivity contribution is -0.186. The normalized spacial score (nSPS) is 17.5. The van der Waals surface area contributed by atoms with Crippen LogP contribution >= 0.6 is 0 Å². The van der Waals surface area contributed by atoms with Gasteiger partial charge in [0, 0.05) is 20.6 Å². The summed E-state index contributed by atoms with van der Waals surface area (Å²) in [6.07, 6.45) is -0.273. The first-order valence-electron chi connectivity index (χ1n) is 4.25. The second-order valence-electron chi connectivity index (χ2n) is 3.94. The van der Waals surface area contributed by atoms with E-state index in [-0.39, 0.29) is 6.42 Å². The van der Waals surface area contributed by atoms with Gasteiger partial charge in [-0.15, -0.1) is 0 Å². The van der Waals surface area contributed by atoms with Gasteiger partial charge < -0.3 is 19.7 Å². The molecule has 1 atom stereocenters. The number of methoxy groups -OCH3 is 2. The Bertz CT molecular complexity index is 144. The molecule has 0 aliphatic heterocycles. The van der Waals surface area contributed by atoms with Crippen LogP contribution in [0.25, 0.3) is 0 Å². The fourth-order valence-electron chi connectivity index (χ4n) is 0.837. The van der Waals surface area contributed by atoms with Gasteiger partial charge in [-0.05, 0) is 20.8 Å². The van der Waals surface area contributed by atoms with Gasteiger partial charge in [0.2, 0.25) is 0 Å². The molecule has 0 heterocycles. The van der Waals surface area contributed by atoms with Crippen molar-refractivity contribution < 1.29 is 19.7 Å². The summed E-state index contributed by atoms with van der Waals surface area (Å²) in [7, 11) is 2.99. The van der Waals surface area contributed by atoms with Crippen LogP contribution in [0.2, 0.25) is 0 Å². The lowest BCUT2D eigenvalue weighted by Gasteiger charge is -2.37. The highest BCUT2D eigenvalue weighted by Crippen LogP contribution is 2.26. The Kier molecular flexibility index (Phi) is 4.32. The highest BCUT2D eigenvalue weighted by atomic mass is 16.7. The molecule has 0 amide bonds. The molecule has 0 radical (unpaired) electrons. The van der Waals surface area contributed by atoms with Gasteiger partial charge in [0.05, 0.1) is 11.2 Å². The maximum absolute atomic E-state index is 9.87. The van der Waals surface area contributed by atoms with Gasteiger partial charge in [0.15, 0.2) is 6.29 Å². The second kappa shape index (κ2) is 4.37. The molecule has 0 aromatic carbocycles. The Hall–Kier alpha value is -0.160. The molecule has 0 aromatic rings. The van der Waals surface area contributed by atoms with Crippen LogP contribution in [0, 0.1) is 0 Å². The molecule has 0 saturated heterocycles. The van der Waals surface area contributed by atoms with Crippen molar-refractivity contribution in [3.8, 4) is 0 Å². The summed E-state index contributed by atoms with van der Waals surface area (Å²) >= 11 is 0. The first kappa shape index (κ1) is 12.8. The molecule has 0 aliphatic rings. The van der Waals surface area contributed by atoms with Crippen molar-refractivity contribution in [2.75, 3.05) is 14.2 Å². The van der Waals surface area contributed by atoms with Crippen LogP contribution in [0.1, 0.15) is 27.2 Å². The largest absolute Gasteiger partial charge is 0.387 e. The minimum absolute atomic E-state index is 0.226. The van der Waals surface area contributed by atoms with E-state index in [2.05, 4.69) is 0 Å². The molecule has 0 bridgehead atoms. The van der Waals surface area contributed by atoms with Crippen molar-refractivity contribution >= 4 is 0 Å². The van der Waals surface area contributed by atoms with Crippen LogP contribution in [0.4, 0.5) is 0 Å². The maximum Gasteiger partial charge on any atom is 0.159 e. The smallest absolute Gasteiger partial charge is 0.159 e. The maximum atomic E-state index is 9.87. The number of hydrogen-bond donors (Lipinski definition) is 2. The third-order valence-electron chi connectivity index (χ3n) is 2.41. The third-order valence-corrected chi connectivity index (χ3v) is 2.41. The molecule has 1 unspecified atom stereocenters. The Labute approximate surface area is 79.5 Å². The molecule has 0 aromatic heterocycles. The fraction of sp³-hybridized carbons (Fsp3) is 1.00. The Morgan fingerprint density at radius 1 is 1.08 bits per heavy atom. The van der Waals surface area contributed by atoms with Crippen LogP contribution in [-0.2, 0) is 9.47 Å². The molecule has 4 heteroatoms. The van der Waals surface area contributed by atoms with Crippen molar-refractivity contribution in [3.05, 3.63) is 0 Å². The van der Waals surface area contributed by atoms with Gasteiger partial charge >= 0.3 is 0 Å². The molecule has 0 aliphatic carbocycles. The number of rotatable bonds is 5. The molecule has 0 fully saturated rings. The van der Waals surface area contributed by atoms with E-state index in [1.54, 1.807) is 20.8 Å². The third kappa shape index (κ3) is 3.60. The highest BCUT2D eigenvalue weighted by Gasteiger charge is 2.39. The molecule has 13 heavy (non-hydrogen) atoms. The Morgan fingerprint density at radius 2 is 1.46 bits per heavy atom. The topological polar surface area (TPSA) is 58.9 Å². The quantitative estimate of drug-likeness (QED) is 0.623. The van der Waals surface area contributed by atoms with Gasteiger partial charge in [-0.25, -0.2) is 0 Å². The fourth-order valence-corrected chi connectivity index (χ4v) is 0.837. The zero-order valence-corrected chi connectivity index (χ0v) is 9.00. The monoisotopic (exact) mass is 192 g/mol. The van der Waals surface area contributed by atoms with Crippen molar-refractivity contribution in [1.82, 2.24) is 0 Å². The predicted octanol–water partition coefficient (Wildman–Crippen LogP) is 0.517. The summed E-state index contributed by atoms with van der Waals surface area (Å²) in [4.78, 5) is 0. The number of hydrogen-bond acceptors (Lipinski definition) is 4. The molecule has 80 valence electrons. The highest BCUT2D eigenvalue weighted by molar-refractivity contribution is 4.90. The van der Waals surface area contributed by atoms with Crippen LogP contribution in [0.3, 0.4) is 0 Å². The van der Waals surface area contributed by atoms with E-state index in [9.17, 15) is 10.2 Å². The van der Waals surface area contributed by atoms with Crippen molar-refractivity contribution in [3.63, 3.8) is 0 Å². The van der Waals surface area contributed by atoms with E-state index < -0.39 is 17.5 Å². The van der Waals surface area contributed by atoms with Crippen molar-refractivity contribution in [1.29, 1.82) is 0 Å². The van der Waals surface area contributed by atoms with Crippen molar-refractivity contribution in [2.45, 2.75) is 44.7 Å². The zero-order chi connectivity index (χ0) is 10.7. The lowest BCUT2D eigenvalue weighted by Crippen LogP contribution is -2.50. The van der Waals surface area contributed by atoms with E-state index in [1.807, 2.05) is 0 Å². The van der Waals surface area contributed by atoms with Gasteiger partial charge in [-0.3, -0.25) is 0 Å². The summed E-state index contributed by atoms with van der Waals surface area (Å²) in [5.41, 5.74) is -2.41. The summed E-state index contributed by atoms with van der Waals surface area (Å²) in [6.45, 7) is 4.66. The number of aliphatic hydroxyl groups is 2. The molecular formula is C9H20O4. The molecule has 0 rings (SSSR count). The molecule has 4 nitrogen and oxygen atoms in total. The molecule has 0 saturated carbocycles. The van der Waals surface area contributed by atoms with Crippen LogP contribution < -0.4 is 0 Å². The van der Waals surface area contributed by atoms with Crippen LogP contribution in [-0.4, -0.2) is 41.9 Å². The first-order chi connectivity index (χ1) is 5.74. The molecule has 2 N–H and O–H groups in total. The average molecular weight is 192 g/mol.